The summed E-state index contributed by atoms with van der Waals surface area (Å²) in [6.45, 7) is 0. The van der Waals surface area contributed by atoms with Gasteiger partial charge in [-0.25, -0.2) is 0 Å². The lowest BCUT2D eigenvalue weighted by molar-refractivity contribution is -0.128. The first-order valence-electron chi connectivity index (χ1n) is 8.48. The van der Waals surface area contributed by atoms with E-state index in [1.165, 1.54) is 0 Å². The molecular weight excluding hydrogens is 382 g/mol. The van der Waals surface area contributed by atoms with E-state index in [1.807, 2.05) is 24.3 Å². The first-order valence-corrected chi connectivity index (χ1v) is 9.26. The fraction of sp³-hybridized carbons (Fsp3) is 0.250. The maximum atomic E-state index is 12.0. The summed E-state index contributed by atoms with van der Waals surface area (Å²) >= 11 is 11.0. The Balaban J connectivity index is 1.80. The van der Waals surface area contributed by atoms with Crippen molar-refractivity contribution in [3.8, 4) is 0 Å². The fourth-order valence-corrected chi connectivity index (χ4v) is 2.71. The van der Waals surface area contributed by atoms with Crippen molar-refractivity contribution in [3.05, 3.63) is 64.7 Å². The smallest absolute Gasteiger partial charge is 0.230 e. The molecule has 0 aliphatic heterocycles. The van der Waals surface area contributed by atoms with Crippen molar-refractivity contribution >= 4 is 46.4 Å². The van der Waals surface area contributed by atoms with Gasteiger partial charge in [0, 0.05) is 31.2 Å². The monoisotopic (exact) mass is 403 g/mol. The average molecular weight is 404 g/mol. The minimum absolute atomic E-state index is 0.0989. The van der Waals surface area contributed by atoms with E-state index < -0.39 is 0 Å². The zero-order valence-electron chi connectivity index (χ0n) is 15.3. The highest BCUT2D eigenvalue weighted by molar-refractivity contribution is 7.80. The van der Waals surface area contributed by atoms with Crippen LogP contribution >= 0.6 is 23.8 Å². The summed E-state index contributed by atoms with van der Waals surface area (Å²) in [6.07, 6.45) is 1.37. The van der Waals surface area contributed by atoms with E-state index in [1.54, 1.807) is 43.3 Å². The van der Waals surface area contributed by atoms with Crippen LogP contribution in [0.25, 0.3) is 0 Å². The van der Waals surface area contributed by atoms with Crippen molar-refractivity contribution in [3.63, 3.8) is 0 Å². The van der Waals surface area contributed by atoms with Crippen molar-refractivity contribution < 1.29 is 9.59 Å². The lowest BCUT2D eigenvalue weighted by Gasteiger charge is -2.11. The zero-order valence-corrected chi connectivity index (χ0v) is 16.9. The third kappa shape index (κ3) is 7.37. The van der Waals surface area contributed by atoms with Crippen molar-refractivity contribution in [2.75, 3.05) is 19.4 Å². The van der Waals surface area contributed by atoms with Gasteiger partial charge in [0.05, 0.1) is 6.42 Å². The van der Waals surface area contributed by atoms with Crippen molar-refractivity contribution in [1.82, 2.24) is 10.2 Å². The molecule has 2 rings (SSSR count). The molecule has 0 unspecified atom stereocenters. The van der Waals surface area contributed by atoms with Gasteiger partial charge in [0.1, 0.15) is 0 Å². The zero-order chi connectivity index (χ0) is 19.8. The second-order valence-electron chi connectivity index (χ2n) is 6.29. The van der Waals surface area contributed by atoms with E-state index >= 15 is 0 Å². The molecule has 0 saturated heterocycles. The number of aryl methyl sites for hydroxylation is 1. The summed E-state index contributed by atoms with van der Waals surface area (Å²) in [5.41, 5.74) is 2.69. The van der Waals surface area contributed by atoms with Crippen LogP contribution in [0.4, 0.5) is 5.69 Å². The normalized spacial score (nSPS) is 10.2. The average Bonchev–Trinajstić information content (AvgIpc) is 2.62. The number of anilines is 1. The number of carbonyl (C=O) groups is 2. The topological polar surface area (TPSA) is 61.4 Å². The molecule has 7 heteroatoms. The Morgan fingerprint density at radius 2 is 1.59 bits per heavy atom. The summed E-state index contributed by atoms with van der Waals surface area (Å²) in [7, 11) is 3.50. The highest BCUT2D eigenvalue weighted by Gasteiger charge is 2.07. The van der Waals surface area contributed by atoms with E-state index in [4.69, 9.17) is 23.8 Å². The molecule has 2 N–H and O–H groups in total. The Bertz CT molecular complexity index is 805. The minimum atomic E-state index is -0.200. The Kier molecular flexibility index (Phi) is 7.76. The fourth-order valence-electron chi connectivity index (χ4n) is 2.35. The predicted molar refractivity (Wildman–Crippen MR) is 113 cm³/mol. The van der Waals surface area contributed by atoms with Crippen LogP contribution in [0, 0.1) is 0 Å². The summed E-state index contributed by atoms with van der Waals surface area (Å²) in [4.78, 5) is 25.3. The van der Waals surface area contributed by atoms with Gasteiger partial charge in [0.2, 0.25) is 11.8 Å². The van der Waals surface area contributed by atoms with Gasteiger partial charge >= 0.3 is 0 Å². The molecule has 27 heavy (non-hydrogen) atoms. The number of carbonyl (C=O) groups excluding carboxylic acids is 2. The second-order valence-corrected chi connectivity index (χ2v) is 7.14. The van der Waals surface area contributed by atoms with E-state index in [0.29, 0.717) is 17.9 Å². The molecule has 142 valence electrons. The second kappa shape index (κ2) is 10.0. The first kappa shape index (κ1) is 20.9. The summed E-state index contributed by atoms with van der Waals surface area (Å²) in [6, 6.07) is 14.7. The van der Waals surface area contributed by atoms with E-state index in [9.17, 15) is 9.59 Å². The van der Waals surface area contributed by atoms with Gasteiger partial charge < -0.3 is 15.5 Å². The molecule has 0 spiro atoms. The number of nitrogens with zero attached hydrogens (tertiary/aromatic N) is 1. The van der Waals surface area contributed by atoms with Crippen molar-refractivity contribution in [1.29, 1.82) is 0 Å². The van der Waals surface area contributed by atoms with Crippen LogP contribution in [-0.2, 0) is 22.4 Å². The largest absolute Gasteiger partial charge is 0.349 e. The number of nitrogens with one attached hydrogen (secondary N) is 2. The molecule has 0 radical (unpaired) electrons. The molecule has 0 bridgehead atoms. The number of hydrogen-bond acceptors (Lipinski definition) is 3. The Morgan fingerprint density at radius 3 is 2.19 bits per heavy atom. The molecule has 0 aromatic heterocycles. The standard InChI is InChI=1S/C20H22ClN3O2S/c1-24(2)19(26)12-7-14-5-10-17(11-6-14)22-20(27)23-18(25)13-15-3-8-16(21)9-4-15/h3-6,8-11H,7,12-13H2,1-2H3,(H2,22,23,25,27). The summed E-state index contributed by atoms with van der Waals surface area (Å²) in [5, 5.41) is 6.51. The molecule has 0 fully saturated rings. The van der Waals surface area contributed by atoms with Crippen molar-refractivity contribution in [2.45, 2.75) is 19.3 Å². The number of rotatable bonds is 6. The first-order chi connectivity index (χ1) is 12.8. The number of hydrogen-bond donors (Lipinski definition) is 2. The Hall–Kier alpha value is -2.44. The van der Waals surface area contributed by atoms with Crippen LogP contribution in [0.2, 0.25) is 5.02 Å². The number of amides is 2. The van der Waals surface area contributed by atoms with Crippen LogP contribution in [0.3, 0.4) is 0 Å². The lowest BCUT2D eigenvalue weighted by atomic mass is 10.1. The van der Waals surface area contributed by atoms with E-state index in [2.05, 4.69) is 10.6 Å². The molecule has 5 nitrogen and oxygen atoms in total. The van der Waals surface area contributed by atoms with Gasteiger partial charge in [0.25, 0.3) is 0 Å². The van der Waals surface area contributed by atoms with Crippen LogP contribution in [-0.4, -0.2) is 35.9 Å². The summed E-state index contributed by atoms with van der Waals surface area (Å²) in [5.74, 6) is -0.101. The third-order valence-corrected chi connectivity index (χ3v) is 4.33. The number of thiocarbonyl (C=S) groups is 1. The highest BCUT2D eigenvalue weighted by atomic mass is 35.5. The quantitative estimate of drug-likeness (QED) is 0.725. The van der Waals surface area contributed by atoms with Crippen molar-refractivity contribution in [2.24, 2.45) is 0 Å². The minimum Gasteiger partial charge on any atom is -0.349 e. The molecule has 0 heterocycles. The molecule has 0 saturated carbocycles. The number of halogens is 1. The lowest BCUT2D eigenvalue weighted by Crippen LogP contribution is -2.35. The molecular formula is C20H22ClN3O2S. The molecule has 0 atom stereocenters. The van der Waals surface area contributed by atoms with E-state index in [0.717, 1.165) is 16.8 Å². The molecule has 2 aromatic rings. The van der Waals surface area contributed by atoms with Gasteiger partial charge in [-0.05, 0) is 54.0 Å². The number of benzene rings is 2. The summed E-state index contributed by atoms with van der Waals surface area (Å²) < 4.78 is 0. The third-order valence-electron chi connectivity index (χ3n) is 3.87. The van der Waals surface area contributed by atoms with Crippen LogP contribution in [0.15, 0.2) is 48.5 Å². The maximum Gasteiger partial charge on any atom is 0.230 e. The van der Waals surface area contributed by atoms with Crippen LogP contribution in [0.5, 0.6) is 0 Å². The van der Waals surface area contributed by atoms with Gasteiger partial charge in [-0.1, -0.05) is 35.9 Å². The molecule has 0 aliphatic rings. The molecule has 2 amide bonds. The van der Waals surface area contributed by atoms with Gasteiger partial charge in [-0.2, -0.15) is 0 Å². The Labute approximate surface area is 169 Å². The Morgan fingerprint density at radius 1 is 1.00 bits per heavy atom. The SMILES string of the molecule is CN(C)C(=O)CCc1ccc(NC(=S)NC(=O)Cc2ccc(Cl)cc2)cc1. The highest BCUT2D eigenvalue weighted by Crippen LogP contribution is 2.12. The molecule has 2 aromatic carbocycles. The van der Waals surface area contributed by atoms with E-state index in [-0.39, 0.29) is 23.3 Å². The van der Waals surface area contributed by atoms with Gasteiger partial charge in [-0.3, -0.25) is 9.59 Å². The van der Waals surface area contributed by atoms with Gasteiger partial charge in [-0.15, -0.1) is 0 Å². The predicted octanol–water partition coefficient (Wildman–Crippen LogP) is 3.42. The van der Waals surface area contributed by atoms with Gasteiger partial charge in [0.15, 0.2) is 5.11 Å². The maximum absolute atomic E-state index is 12.0. The molecule has 0 aliphatic carbocycles. The van der Waals surface area contributed by atoms with Crippen LogP contribution < -0.4 is 10.6 Å². The van der Waals surface area contributed by atoms with Crippen LogP contribution in [0.1, 0.15) is 17.5 Å².